The van der Waals surface area contributed by atoms with Crippen molar-refractivity contribution < 1.29 is 79.7 Å². The van der Waals surface area contributed by atoms with Gasteiger partial charge in [0.05, 0.1) is 22.9 Å². The number of aliphatic hydroxyl groups is 1. The Morgan fingerprint density at radius 3 is 2.37 bits per heavy atom. The summed E-state index contributed by atoms with van der Waals surface area (Å²) in [5.74, 6) is -2.85. The highest BCUT2D eigenvalue weighted by atomic mass is 32.5. The van der Waals surface area contributed by atoms with Gasteiger partial charge in [0.1, 0.15) is 43.2 Å². The molecule has 4 heterocycles. The van der Waals surface area contributed by atoms with Crippen LogP contribution in [0, 0.1) is 0 Å². The molecule has 5 N–H and O–H groups in total. The smallest absolute Gasteiger partial charge is 0.463 e. The number of aromatic nitrogens is 2. The lowest BCUT2D eigenvalue weighted by molar-refractivity contribution is -0.293. The van der Waals surface area contributed by atoms with Gasteiger partial charge in [0.25, 0.3) is 0 Å². The molecule has 0 aliphatic carbocycles. The van der Waals surface area contributed by atoms with E-state index in [1.54, 1.807) is 19.5 Å². The number of nitrogens with zero attached hydrogens (tertiary/aromatic N) is 3. The first kappa shape index (κ1) is 42.4. The molecular formula is C27H38F2N4O15P2S2. The number of halogens is 2. The Hall–Kier alpha value is -2.37. The third-order valence-corrected chi connectivity index (χ3v) is 12.3. The second-order valence-electron chi connectivity index (χ2n) is 12.1. The predicted octanol–water partition coefficient (Wildman–Crippen LogP) is 1.59. The second kappa shape index (κ2) is 16.6. The molecule has 0 saturated carbocycles. The predicted molar refractivity (Wildman–Crippen MR) is 178 cm³/mol. The van der Waals surface area contributed by atoms with Crippen LogP contribution < -0.4 is 5.73 Å². The number of thiophene rings is 1. The zero-order valence-corrected chi connectivity index (χ0v) is 31.8. The van der Waals surface area contributed by atoms with E-state index in [4.69, 9.17) is 49.8 Å². The van der Waals surface area contributed by atoms with Gasteiger partial charge >= 0.3 is 32.4 Å². The van der Waals surface area contributed by atoms with E-state index in [1.165, 1.54) is 29.5 Å². The Morgan fingerprint density at radius 1 is 1.13 bits per heavy atom. The highest BCUT2D eigenvalue weighted by Gasteiger charge is 2.58. The Balaban J connectivity index is 1.53. The molecule has 2 aromatic heterocycles. The number of hydrogen-bond acceptors (Lipinski definition) is 19. The van der Waals surface area contributed by atoms with Crippen molar-refractivity contribution in [3.05, 3.63) is 17.3 Å². The van der Waals surface area contributed by atoms with Crippen LogP contribution in [0.4, 0.5) is 14.6 Å². The topological polar surface area (TPSA) is 258 Å². The number of alkyl halides is 2. The van der Waals surface area contributed by atoms with E-state index in [0.29, 0.717) is 15.8 Å². The fraction of sp³-hybridized carbons (Fsp3) is 0.667. The molecular weight excluding hydrogens is 784 g/mol. The van der Waals surface area contributed by atoms with Crippen molar-refractivity contribution in [2.75, 3.05) is 33.0 Å². The first-order valence-electron chi connectivity index (χ1n) is 15.2. The lowest BCUT2D eigenvalue weighted by atomic mass is 9.88. The average Bonchev–Trinajstić information content (AvgIpc) is 3.55. The summed E-state index contributed by atoms with van der Waals surface area (Å²) in [6.07, 6.45) is -14.0. The van der Waals surface area contributed by atoms with Crippen LogP contribution in [0.2, 0.25) is 0 Å². The number of ether oxygens (including phenoxy) is 5. The van der Waals surface area contributed by atoms with Crippen LogP contribution in [0.15, 0.2) is 11.7 Å². The molecule has 25 heteroatoms. The van der Waals surface area contributed by atoms with E-state index in [2.05, 4.69) is 14.7 Å². The first-order chi connectivity index (χ1) is 24.0. The molecule has 2 saturated heterocycles. The lowest BCUT2D eigenvalue weighted by Crippen LogP contribution is -2.63. The molecule has 19 nitrogen and oxygen atoms in total. The maximum absolute atomic E-state index is 16.6. The molecule has 7 unspecified atom stereocenters. The molecule has 12 atom stereocenters. The van der Waals surface area contributed by atoms with Gasteiger partial charge in [0.15, 0.2) is 24.0 Å². The van der Waals surface area contributed by atoms with Crippen molar-refractivity contribution in [2.45, 2.75) is 88.5 Å². The molecule has 2 aliphatic rings. The van der Waals surface area contributed by atoms with Gasteiger partial charge in [-0.05, 0) is 38.2 Å². The Bertz CT molecular complexity index is 1740. The van der Waals surface area contributed by atoms with E-state index < -0.39 is 106 Å². The van der Waals surface area contributed by atoms with Gasteiger partial charge in [0.2, 0.25) is 6.29 Å². The van der Waals surface area contributed by atoms with Crippen LogP contribution in [-0.4, -0.2) is 130 Å². The molecule has 292 valence electrons. The van der Waals surface area contributed by atoms with Crippen molar-refractivity contribution in [3.63, 3.8) is 0 Å². The Morgan fingerprint density at radius 2 is 1.77 bits per heavy atom. The van der Waals surface area contributed by atoms with Gasteiger partial charge in [-0.2, -0.15) is 0 Å². The number of phosphoric acid groups is 1. The normalized spacial score (nSPS) is 32.2. The van der Waals surface area contributed by atoms with Crippen LogP contribution >= 0.6 is 25.9 Å². The number of nitrogen functional groups attached to an aromatic ring is 1. The highest BCUT2D eigenvalue weighted by Crippen LogP contribution is 2.62. The molecule has 0 amide bonds. The third-order valence-electron chi connectivity index (χ3n) is 7.81. The number of nitrogens with two attached hydrogens (primary N) is 1. The summed E-state index contributed by atoms with van der Waals surface area (Å²) >= 11 is 6.12. The fourth-order valence-corrected chi connectivity index (χ4v) is 9.99. The third kappa shape index (κ3) is 9.83. The van der Waals surface area contributed by atoms with Crippen LogP contribution in [-0.2, 0) is 67.8 Å². The standard InChI is InChI=1S/C27H38F2N4O15P2S2/c1-11(34)41-7-15(28)19-18(37)20(43-12(2)35)21(44-13(3)36)26(46-19)47-49(38,39)48-50(40,51)42-8-16-23(33(5)6)27(4,29)24(45-16)14-9-52-22-17(14)31-10-32-25(22)30/h9-10,15-16,18-21,23-24,26,37H,7-8H2,1-6H3,(H,38,39)(H,40,51)(H2,30,31,32)/t15-,16+,18?,19?,20?,21?,23+,24-,26?,27+,50?/m0/s1. The van der Waals surface area contributed by atoms with Crippen molar-refractivity contribution >= 4 is 71.6 Å². The second-order valence-corrected chi connectivity index (χ2v) is 17.3. The molecule has 0 spiro atoms. The maximum atomic E-state index is 16.6. The first-order valence-corrected chi connectivity index (χ1v) is 20.1. The summed E-state index contributed by atoms with van der Waals surface area (Å²) in [5, 5.41) is 12.4. The fourth-order valence-electron chi connectivity index (χ4n) is 5.96. The van der Waals surface area contributed by atoms with E-state index in [1.807, 2.05) is 0 Å². The zero-order chi connectivity index (χ0) is 38.9. The average molecular weight is 823 g/mol. The molecule has 2 aromatic rings. The number of likely N-dealkylation sites (N-methyl/N-ethyl adjacent to an activating group) is 1. The van der Waals surface area contributed by atoms with Crippen molar-refractivity contribution in [1.82, 2.24) is 14.9 Å². The highest BCUT2D eigenvalue weighted by molar-refractivity contribution is 8.08. The number of hydrogen-bond donors (Lipinski definition) is 4. The van der Waals surface area contributed by atoms with Crippen molar-refractivity contribution in [1.29, 1.82) is 0 Å². The number of carbonyl (C=O) groups excluding carboxylic acids is 3. The summed E-state index contributed by atoms with van der Waals surface area (Å²) in [6.45, 7) is -2.40. The van der Waals surface area contributed by atoms with Gasteiger partial charge in [-0.1, -0.05) is 0 Å². The summed E-state index contributed by atoms with van der Waals surface area (Å²) < 4.78 is 86.5. The largest absolute Gasteiger partial charge is 0.481 e. The minimum atomic E-state index is -5.66. The number of esters is 3. The molecule has 4 rings (SSSR count). The number of anilines is 1. The monoisotopic (exact) mass is 822 g/mol. The van der Waals surface area contributed by atoms with Crippen molar-refractivity contribution in [2.24, 2.45) is 0 Å². The van der Waals surface area contributed by atoms with Gasteiger partial charge in [-0.25, -0.2) is 27.6 Å². The maximum Gasteiger partial charge on any atom is 0.481 e. The molecule has 2 aliphatic heterocycles. The molecule has 0 bridgehead atoms. The van der Waals surface area contributed by atoms with Crippen LogP contribution in [0.25, 0.3) is 10.2 Å². The quantitative estimate of drug-likeness (QED) is 0.120. The van der Waals surface area contributed by atoms with Crippen molar-refractivity contribution in [3.8, 4) is 0 Å². The molecule has 0 radical (unpaired) electrons. The summed E-state index contributed by atoms with van der Waals surface area (Å²) in [7, 11) is -2.52. The SMILES string of the molecule is CC(=O)OC[C@H](F)C1OC(OP(=O)(O)OP(O)(=S)OC[C@H]2O[C@@H](c3csc4c(N)ncnc34)[C@](C)(F)[C@@H]2N(C)C)C(OC(C)=O)C(OC(C)=O)C1O. The van der Waals surface area contributed by atoms with Gasteiger partial charge < -0.3 is 53.7 Å². The number of phosphoric ester groups is 1. The summed E-state index contributed by atoms with van der Waals surface area (Å²) in [6, 6.07) is -1.04. The van der Waals surface area contributed by atoms with E-state index in [9.17, 15) is 33.8 Å². The molecule has 2 fully saturated rings. The number of aliphatic hydroxyl groups excluding tert-OH is 1. The van der Waals surface area contributed by atoms with E-state index in [0.717, 1.165) is 20.8 Å². The Labute approximate surface area is 304 Å². The number of carbonyl (C=O) groups is 3. The molecule has 52 heavy (non-hydrogen) atoms. The number of fused-ring (bicyclic) bond motifs is 1. The van der Waals surface area contributed by atoms with Crippen LogP contribution in [0.3, 0.4) is 0 Å². The zero-order valence-electron chi connectivity index (χ0n) is 28.4. The minimum Gasteiger partial charge on any atom is -0.463 e. The number of rotatable bonds is 14. The summed E-state index contributed by atoms with van der Waals surface area (Å²) in [4.78, 5) is 66.1. The van der Waals surface area contributed by atoms with Gasteiger partial charge in [-0.15, -0.1) is 11.3 Å². The minimum absolute atomic E-state index is 0.190. The van der Waals surface area contributed by atoms with Crippen LogP contribution in [0.1, 0.15) is 39.4 Å². The van der Waals surface area contributed by atoms with Gasteiger partial charge in [-0.3, -0.25) is 18.9 Å². The Kier molecular flexibility index (Phi) is 13.5. The van der Waals surface area contributed by atoms with Gasteiger partial charge in [0, 0.05) is 26.3 Å². The molecule has 0 aromatic carbocycles. The summed E-state index contributed by atoms with van der Waals surface area (Å²) in [5.41, 5.74) is 4.58. The van der Waals surface area contributed by atoms with Crippen LogP contribution in [0.5, 0.6) is 0 Å². The van der Waals surface area contributed by atoms with E-state index in [-0.39, 0.29) is 5.82 Å². The lowest BCUT2D eigenvalue weighted by Gasteiger charge is -2.43. The van der Waals surface area contributed by atoms with E-state index >= 15 is 8.78 Å².